The molecule has 1 aliphatic rings. The molecule has 9 heteroatoms. The van der Waals surface area contributed by atoms with Gasteiger partial charge in [0.1, 0.15) is 5.82 Å². The van der Waals surface area contributed by atoms with Crippen LogP contribution in [0.1, 0.15) is 27.9 Å². The molecule has 1 aliphatic heterocycles. The van der Waals surface area contributed by atoms with E-state index in [1.165, 1.54) is 13.0 Å². The predicted molar refractivity (Wildman–Crippen MR) is 101 cm³/mol. The van der Waals surface area contributed by atoms with Gasteiger partial charge in [0.2, 0.25) is 12.0 Å². The SMILES string of the molecule is Cc1c(F)cc(C(N)=O)cc1NC(=O)[C@@H]1CC(c2ccc(Cl)cc2Cl)=NO1. The Morgan fingerprint density at radius 2 is 2.04 bits per heavy atom. The Morgan fingerprint density at radius 1 is 1.30 bits per heavy atom. The second kappa shape index (κ2) is 7.54. The zero-order chi connectivity index (χ0) is 19.7. The van der Waals surface area contributed by atoms with Crippen molar-refractivity contribution in [2.75, 3.05) is 5.32 Å². The molecule has 0 spiro atoms. The normalized spacial score (nSPS) is 15.9. The topological polar surface area (TPSA) is 93.8 Å². The summed E-state index contributed by atoms with van der Waals surface area (Å²) >= 11 is 12.0. The van der Waals surface area contributed by atoms with Gasteiger partial charge in [-0.05, 0) is 31.2 Å². The summed E-state index contributed by atoms with van der Waals surface area (Å²) in [5, 5.41) is 7.31. The lowest BCUT2D eigenvalue weighted by Gasteiger charge is -2.13. The summed E-state index contributed by atoms with van der Waals surface area (Å²) in [6.07, 6.45) is -0.754. The lowest BCUT2D eigenvalue weighted by atomic mass is 10.0. The molecule has 0 saturated carbocycles. The highest BCUT2D eigenvalue weighted by Gasteiger charge is 2.30. The van der Waals surface area contributed by atoms with Crippen molar-refractivity contribution in [3.63, 3.8) is 0 Å². The van der Waals surface area contributed by atoms with Crippen molar-refractivity contribution < 1.29 is 18.8 Å². The number of amides is 2. The van der Waals surface area contributed by atoms with Crippen LogP contribution in [0.15, 0.2) is 35.5 Å². The van der Waals surface area contributed by atoms with E-state index in [-0.39, 0.29) is 23.2 Å². The molecule has 3 N–H and O–H groups in total. The summed E-state index contributed by atoms with van der Waals surface area (Å²) in [4.78, 5) is 29.0. The zero-order valence-corrected chi connectivity index (χ0v) is 15.6. The van der Waals surface area contributed by atoms with E-state index in [0.29, 0.717) is 21.3 Å². The number of nitrogens with zero attached hydrogens (tertiary/aromatic N) is 1. The first-order valence-electron chi connectivity index (χ1n) is 7.85. The number of nitrogens with one attached hydrogen (secondary N) is 1. The van der Waals surface area contributed by atoms with Gasteiger partial charge in [-0.25, -0.2) is 4.39 Å². The molecule has 1 heterocycles. The lowest BCUT2D eigenvalue weighted by molar-refractivity contribution is -0.125. The fraction of sp³-hybridized carbons (Fsp3) is 0.167. The van der Waals surface area contributed by atoms with Gasteiger partial charge in [0, 0.05) is 33.8 Å². The van der Waals surface area contributed by atoms with Gasteiger partial charge in [0.05, 0.1) is 10.7 Å². The molecule has 0 radical (unpaired) electrons. The first-order valence-corrected chi connectivity index (χ1v) is 8.60. The van der Waals surface area contributed by atoms with E-state index in [4.69, 9.17) is 33.8 Å². The predicted octanol–water partition coefficient (Wildman–Crippen LogP) is 3.67. The Labute approximate surface area is 164 Å². The standard InChI is InChI=1S/C18H14Cl2FN3O3/c1-8-13(21)4-9(17(22)25)5-14(8)23-18(26)16-7-15(24-27-16)11-3-2-10(19)6-12(11)20/h2-6,16H,7H2,1H3,(H2,22,25)(H,23,26)/t16-/m0/s1. The van der Waals surface area contributed by atoms with Crippen molar-refractivity contribution in [1.82, 2.24) is 0 Å². The number of carbonyl (C=O) groups is 2. The minimum atomic E-state index is -0.925. The summed E-state index contributed by atoms with van der Waals surface area (Å²) in [7, 11) is 0. The first kappa shape index (κ1) is 19.1. The molecule has 2 aromatic carbocycles. The van der Waals surface area contributed by atoms with Gasteiger partial charge in [0.15, 0.2) is 0 Å². The first-order chi connectivity index (χ1) is 12.8. The van der Waals surface area contributed by atoms with Gasteiger partial charge in [-0.2, -0.15) is 0 Å². The maximum atomic E-state index is 13.9. The minimum absolute atomic E-state index is 0.0503. The van der Waals surface area contributed by atoms with Gasteiger partial charge in [-0.15, -0.1) is 0 Å². The van der Waals surface area contributed by atoms with Crippen molar-refractivity contribution in [1.29, 1.82) is 0 Å². The third kappa shape index (κ3) is 4.04. The van der Waals surface area contributed by atoms with Crippen LogP contribution < -0.4 is 11.1 Å². The number of benzene rings is 2. The van der Waals surface area contributed by atoms with Crippen LogP contribution in [-0.2, 0) is 9.63 Å². The molecule has 2 amide bonds. The fourth-order valence-corrected chi connectivity index (χ4v) is 3.08. The number of carbonyl (C=O) groups excluding carboxylic acids is 2. The second-order valence-corrected chi connectivity index (χ2v) is 6.79. The molecule has 27 heavy (non-hydrogen) atoms. The monoisotopic (exact) mass is 409 g/mol. The van der Waals surface area contributed by atoms with E-state index in [1.807, 2.05) is 0 Å². The number of primary amides is 1. The number of anilines is 1. The van der Waals surface area contributed by atoms with Crippen LogP contribution in [0.25, 0.3) is 0 Å². The van der Waals surface area contributed by atoms with Crippen molar-refractivity contribution >= 4 is 46.4 Å². The van der Waals surface area contributed by atoms with Crippen LogP contribution in [-0.4, -0.2) is 23.6 Å². The van der Waals surface area contributed by atoms with E-state index in [9.17, 15) is 14.0 Å². The molecule has 0 bridgehead atoms. The molecule has 0 aliphatic carbocycles. The highest BCUT2D eigenvalue weighted by atomic mass is 35.5. The van der Waals surface area contributed by atoms with Gasteiger partial charge >= 0.3 is 0 Å². The third-order valence-corrected chi connectivity index (χ3v) is 4.64. The Balaban J connectivity index is 1.75. The van der Waals surface area contributed by atoms with Crippen LogP contribution in [0, 0.1) is 12.7 Å². The summed E-state index contributed by atoms with van der Waals surface area (Å²) in [5.41, 5.74) is 6.53. The molecule has 1 atom stereocenters. The quantitative estimate of drug-likeness (QED) is 0.806. The largest absolute Gasteiger partial charge is 0.382 e. The third-order valence-electron chi connectivity index (χ3n) is 4.09. The van der Waals surface area contributed by atoms with Crippen molar-refractivity contribution in [3.8, 4) is 0 Å². The molecule has 2 aromatic rings. The number of oxime groups is 1. The number of hydrogen-bond donors (Lipinski definition) is 2. The Hall–Kier alpha value is -2.64. The molecule has 0 unspecified atom stereocenters. The van der Waals surface area contributed by atoms with E-state index in [1.54, 1.807) is 18.2 Å². The van der Waals surface area contributed by atoms with Crippen LogP contribution >= 0.6 is 23.2 Å². The van der Waals surface area contributed by atoms with Gasteiger partial charge < -0.3 is 15.9 Å². The summed E-state index contributed by atoms with van der Waals surface area (Å²) in [6.45, 7) is 1.47. The molecule has 0 saturated heterocycles. The van der Waals surface area contributed by atoms with Gasteiger partial charge in [0.25, 0.3) is 5.91 Å². The number of halogens is 3. The molecule has 0 fully saturated rings. The summed E-state index contributed by atoms with van der Waals surface area (Å²) < 4.78 is 13.9. The molecule has 3 rings (SSSR count). The van der Waals surface area contributed by atoms with E-state index in [0.717, 1.165) is 6.07 Å². The number of nitrogens with two attached hydrogens (primary N) is 1. The van der Waals surface area contributed by atoms with Gasteiger partial charge in [-0.1, -0.05) is 34.4 Å². The lowest BCUT2D eigenvalue weighted by Crippen LogP contribution is -2.28. The van der Waals surface area contributed by atoms with Crippen molar-refractivity contribution in [2.45, 2.75) is 19.4 Å². The van der Waals surface area contributed by atoms with Gasteiger partial charge in [-0.3, -0.25) is 9.59 Å². The average molecular weight is 410 g/mol. The Kier molecular flexibility index (Phi) is 5.34. The minimum Gasteiger partial charge on any atom is -0.382 e. The van der Waals surface area contributed by atoms with Crippen LogP contribution in [0.2, 0.25) is 10.0 Å². The van der Waals surface area contributed by atoms with Crippen molar-refractivity contribution in [2.24, 2.45) is 10.9 Å². The number of hydrogen-bond acceptors (Lipinski definition) is 4. The van der Waals surface area contributed by atoms with E-state index in [2.05, 4.69) is 10.5 Å². The van der Waals surface area contributed by atoms with Crippen LogP contribution in [0.5, 0.6) is 0 Å². The van der Waals surface area contributed by atoms with Crippen LogP contribution in [0.4, 0.5) is 10.1 Å². The highest BCUT2D eigenvalue weighted by molar-refractivity contribution is 6.37. The highest BCUT2D eigenvalue weighted by Crippen LogP contribution is 2.27. The molecule has 0 aromatic heterocycles. The molecule has 6 nitrogen and oxygen atoms in total. The molecular weight excluding hydrogens is 396 g/mol. The Morgan fingerprint density at radius 3 is 2.70 bits per heavy atom. The van der Waals surface area contributed by atoms with Crippen LogP contribution in [0.3, 0.4) is 0 Å². The smallest absolute Gasteiger partial charge is 0.268 e. The molecule has 140 valence electrons. The fourth-order valence-electron chi connectivity index (χ4n) is 2.56. The summed E-state index contributed by atoms with van der Waals surface area (Å²) in [6, 6.07) is 7.23. The average Bonchev–Trinajstić information content (AvgIpc) is 3.08. The van der Waals surface area contributed by atoms with E-state index >= 15 is 0 Å². The maximum Gasteiger partial charge on any atom is 0.268 e. The number of rotatable bonds is 4. The maximum absolute atomic E-state index is 13.9. The summed E-state index contributed by atoms with van der Waals surface area (Å²) in [5.74, 6) is -1.99. The zero-order valence-electron chi connectivity index (χ0n) is 14.1. The second-order valence-electron chi connectivity index (χ2n) is 5.94. The van der Waals surface area contributed by atoms with E-state index < -0.39 is 23.7 Å². The Bertz CT molecular complexity index is 979. The molecular formula is C18H14Cl2FN3O3. The van der Waals surface area contributed by atoms with Crippen molar-refractivity contribution in [3.05, 3.63) is 62.9 Å².